The van der Waals surface area contributed by atoms with Crippen LogP contribution in [0.25, 0.3) is 0 Å². The lowest BCUT2D eigenvalue weighted by molar-refractivity contribution is -0.222. The van der Waals surface area contributed by atoms with E-state index in [0.717, 1.165) is 6.61 Å². The van der Waals surface area contributed by atoms with Gasteiger partial charge < -0.3 is 4.74 Å². The van der Waals surface area contributed by atoms with Crippen LogP contribution in [-0.2, 0) is 4.74 Å². The molecule has 3 unspecified atom stereocenters. The van der Waals surface area contributed by atoms with E-state index in [4.69, 9.17) is 4.74 Å². The van der Waals surface area contributed by atoms with Crippen LogP contribution in [0.3, 0.4) is 0 Å². The normalized spacial score (nSPS) is 57.2. The predicted molar refractivity (Wildman–Crippen MR) is 48.0 cm³/mol. The molecule has 1 heteroatoms. The molecule has 3 atom stereocenters. The number of hydrogen-bond donors (Lipinski definition) is 0. The van der Waals surface area contributed by atoms with Crippen LogP contribution in [0.4, 0.5) is 0 Å². The first kappa shape index (κ1) is 7.37. The Morgan fingerprint density at radius 2 is 2.00 bits per heavy atom. The minimum atomic E-state index is 0.644. The molecule has 1 spiro atoms. The second-order valence-electron chi connectivity index (χ2n) is 5.26. The summed E-state index contributed by atoms with van der Waals surface area (Å²) in [5.41, 5.74) is 1.30. The van der Waals surface area contributed by atoms with Gasteiger partial charge in [0.05, 0.1) is 12.7 Å². The van der Waals surface area contributed by atoms with Gasteiger partial charge in [0.15, 0.2) is 0 Å². The van der Waals surface area contributed by atoms with Crippen molar-refractivity contribution in [3.8, 4) is 0 Å². The van der Waals surface area contributed by atoms with Crippen molar-refractivity contribution in [1.82, 2.24) is 0 Å². The van der Waals surface area contributed by atoms with E-state index in [-0.39, 0.29) is 0 Å². The topological polar surface area (TPSA) is 9.23 Å². The minimum absolute atomic E-state index is 0.644. The maximum absolute atomic E-state index is 5.68. The Bertz CT molecular complexity index is 209. The van der Waals surface area contributed by atoms with E-state index in [1.54, 1.807) is 0 Å². The van der Waals surface area contributed by atoms with Crippen molar-refractivity contribution in [3.63, 3.8) is 0 Å². The molecular weight excluding hydrogens is 148 g/mol. The maximum Gasteiger partial charge on any atom is 0.0659 e. The Morgan fingerprint density at radius 1 is 1.17 bits per heavy atom. The molecule has 0 amide bonds. The first-order valence-corrected chi connectivity index (χ1v) is 5.39. The predicted octanol–water partition coefficient (Wildman–Crippen LogP) is 2.75. The van der Waals surface area contributed by atoms with Crippen molar-refractivity contribution in [2.24, 2.45) is 10.8 Å². The highest BCUT2D eigenvalue weighted by Gasteiger charge is 2.63. The van der Waals surface area contributed by atoms with E-state index in [0.29, 0.717) is 16.9 Å². The summed E-state index contributed by atoms with van der Waals surface area (Å²) in [6.07, 6.45) is 9.26. The summed E-state index contributed by atoms with van der Waals surface area (Å²) >= 11 is 0. The largest absolute Gasteiger partial charge is 0.377 e. The zero-order valence-corrected chi connectivity index (χ0v) is 7.94. The summed E-state index contributed by atoms with van der Waals surface area (Å²) in [7, 11) is 0. The summed E-state index contributed by atoms with van der Waals surface area (Å²) in [4.78, 5) is 0. The standard InChI is InChI=1S/C11H18O/c1-10-5-2-3-6-11(10)8-12-9(11)4-7-10/h9H,2-8H2,1H3. The van der Waals surface area contributed by atoms with Crippen molar-refractivity contribution in [2.45, 2.75) is 51.6 Å². The van der Waals surface area contributed by atoms with Gasteiger partial charge in [0, 0.05) is 5.41 Å². The lowest BCUT2D eigenvalue weighted by Gasteiger charge is -2.56. The van der Waals surface area contributed by atoms with Crippen molar-refractivity contribution in [2.75, 3.05) is 6.61 Å². The zero-order valence-electron chi connectivity index (χ0n) is 7.94. The molecule has 3 fully saturated rings. The van der Waals surface area contributed by atoms with Gasteiger partial charge in [-0.1, -0.05) is 19.8 Å². The van der Waals surface area contributed by atoms with Gasteiger partial charge in [-0.3, -0.25) is 0 Å². The monoisotopic (exact) mass is 166 g/mol. The fourth-order valence-corrected chi connectivity index (χ4v) is 3.89. The molecule has 68 valence electrons. The summed E-state index contributed by atoms with van der Waals surface area (Å²) in [5.74, 6) is 0. The van der Waals surface area contributed by atoms with Gasteiger partial charge >= 0.3 is 0 Å². The SMILES string of the molecule is CC12CCCCC13COC3CC2. The molecule has 12 heavy (non-hydrogen) atoms. The molecule has 0 aromatic heterocycles. The van der Waals surface area contributed by atoms with Crippen LogP contribution < -0.4 is 0 Å². The Morgan fingerprint density at radius 3 is 2.67 bits per heavy atom. The second kappa shape index (κ2) is 2.06. The van der Waals surface area contributed by atoms with E-state index in [1.807, 2.05) is 0 Å². The lowest BCUT2D eigenvalue weighted by Crippen LogP contribution is -2.56. The Hall–Kier alpha value is -0.0400. The average molecular weight is 166 g/mol. The van der Waals surface area contributed by atoms with Crippen LogP contribution in [0.2, 0.25) is 0 Å². The molecule has 1 nitrogen and oxygen atoms in total. The van der Waals surface area contributed by atoms with Crippen LogP contribution >= 0.6 is 0 Å². The van der Waals surface area contributed by atoms with E-state index in [2.05, 4.69) is 6.92 Å². The fraction of sp³-hybridized carbons (Fsp3) is 1.00. The highest BCUT2D eigenvalue weighted by molar-refractivity contribution is 5.12. The summed E-state index contributed by atoms with van der Waals surface area (Å²) in [6, 6.07) is 0. The maximum atomic E-state index is 5.68. The van der Waals surface area contributed by atoms with Crippen LogP contribution in [0, 0.1) is 10.8 Å². The van der Waals surface area contributed by atoms with Gasteiger partial charge in [0.25, 0.3) is 0 Å². The fourth-order valence-electron chi connectivity index (χ4n) is 3.89. The smallest absolute Gasteiger partial charge is 0.0659 e. The molecule has 1 heterocycles. The Labute approximate surface area is 74.5 Å². The number of hydrogen-bond acceptors (Lipinski definition) is 1. The van der Waals surface area contributed by atoms with Crippen LogP contribution in [0.1, 0.15) is 45.4 Å². The van der Waals surface area contributed by atoms with E-state index >= 15 is 0 Å². The molecule has 1 aliphatic heterocycles. The minimum Gasteiger partial charge on any atom is -0.377 e. The first-order valence-electron chi connectivity index (χ1n) is 5.39. The van der Waals surface area contributed by atoms with Gasteiger partial charge in [-0.15, -0.1) is 0 Å². The molecule has 0 aromatic carbocycles. The average Bonchev–Trinajstić information content (AvgIpc) is 2.21. The summed E-state index contributed by atoms with van der Waals surface area (Å²) in [6.45, 7) is 3.59. The lowest BCUT2D eigenvalue weighted by atomic mass is 9.56. The van der Waals surface area contributed by atoms with E-state index in [1.165, 1.54) is 38.5 Å². The van der Waals surface area contributed by atoms with E-state index in [9.17, 15) is 0 Å². The first-order chi connectivity index (χ1) is 5.77. The van der Waals surface area contributed by atoms with Gasteiger partial charge in [-0.25, -0.2) is 0 Å². The molecule has 0 radical (unpaired) electrons. The highest BCUT2D eigenvalue weighted by atomic mass is 16.5. The van der Waals surface area contributed by atoms with Crippen LogP contribution in [0.15, 0.2) is 0 Å². The van der Waals surface area contributed by atoms with Crippen LogP contribution in [0.5, 0.6) is 0 Å². The molecule has 2 saturated carbocycles. The molecule has 0 N–H and O–H groups in total. The Balaban J connectivity index is 1.98. The van der Waals surface area contributed by atoms with Gasteiger partial charge in [-0.05, 0) is 31.1 Å². The number of rotatable bonds is 0. The summed E-state index contributed by atoms with van der Waals surface area (Å²) < 4.78 is 5.68. The quantitative estimate of drug-likeness (QED) is 0.537. The summed E-state index contributed by atoms with van der Waals surface area (Å²) in [5, 5.41) is 0. The van der Waals surface area contributed by atoms with Gasteiger partial charge in [0.1, 0.15) is 0 Å². The molecule has 3 rings (SSSR count). The molecule has 0 bridgehead atoms. The van der Waals surface area contributed by atoms with Crippen molar-refractivity contribution < 1.29 is 4.74 Å². The Kier molecular flexibility index (Phi) is 1.27. The van der Waals surface area contributed by atoms with Crippen molar-refractivity contribution >= 4 is 0 Å². The molecule has 1 saturated heterocycles. The van der Waals surface area contributed by atoms with Crippen molar-refractivity contribution in [1.29, 1.82) is 0 Å². The molecule has 0 aromatic rings. The molecule has 2 aliphatic carbocycles. The second-order valence-corrected chi connectivity index (χ2v) is 5.26. The third-order valence-electron chi connectivity index (χ3n) is 4.92. The zero-order chi connectivity index (χ0) is 8.23. The van der Waals surface area contributed by atoms with E-state index < -0.39 is 0 Å². The van der Waals surface area contributed by atoms with Gasteiger partial charge in [-0.2, -0.15) is 0 Å². The number of ether oxygens (including phenoxy) is 1. The van der Waals surface area contributed by atoms with Crippen molar-refractivity contribution in [3.05, 3.63) is 0 Å². The molecule has 3 aliphatic rings. The third-order valence-corrected chi connectivity index (χ3v) is 4.92. The third kappa shape index (κ3) is 0.618. The van der Waals surface area contributed by atoms with Gasteiger partial charge in [0.2, 0.25) is 0 Å². The molecular formula is C11H18O. The highest BCUT2D eigenvalue weighted by Crippen LogP contribution is 2.65. The van der Waals surface area contributed by atoms with Crippen LogP contribution in [-0.4, -0.2) is 12.7 Å².